The Morgan fingerprint density at radius 1 is 1.18 bits per heavy atom. The van der Waals surface area contributed by atoms with Crippen LogP contribution < -0.4 is 16.0 Å². The Kier molecular flexibility index (Phi) is 11.1. The van der Waals surface area contributed by atoms with Crippen molar-refractivity contribution < 1.29 is 4.79 Å². The number of amides is 1. The number of anilines is 1. The highest BCUT2D eigenvalue weighted by molar-refractivity contribution is 14.0. The van der Waals surface area contributed by atoms with E-state index in [1.807, 2.05) is 35.6 Å². The number of carbonyl (C=O) groups excluding carboxylic acids is 1. The molecule has 7 heteroatoms. The van der Waals surface area contributed by atoms with Gasteiger partial charge >= 0.3 is 0 Å². The van der Waals surface area contributed by atoms with E-state index < -0.39 is 0 Å². The molecule has 2 rings (SSSR count). The molecule has 1 unspecified atom stereocenters. The number of carbonyl (C=O) groups is 1. The quantitative estimate of drug-likeness (QED) is 0.279. The predicted molar refractivity (Wildman–Crippen MR) is 131 cm³/mol. The van der Waals surface area contributed by atoms with Crippen molar-refractivity contribution in [2.75, 3.05) is 18.4 Å². The molecule has 0 saturated heterocycles. The van der Waals surface area contributed by atoms with Crippen LogP contribution in [0.1, 0.15) is 36.1 Å². The number of benzene rings is 1. The lowest BCUT2D eigenvalue weighted by atomic mass is 10.1. The van der Waals surface area contributed by atoms with E-state index in [1.165, 1.54) is 22.2 Å². The number of hydrogen-bond acceptors (Lipinski definition) is 3. The molecule has 1 aromatic heterocycles. The summed E-state index contributed by atoms with van der Waals surface area (Å²) in [4.78, 5) is 18.5. The van der Waals surface area contributed by atoms with E-state index in [9.17, 15) is 4.79 Å². The monoisotopic (exact) mass is 514 g/mol. The molecule has 0 saturated carbocycles. The van der Waals surface area contributed by atoms with Crippen LogP contribution in [0.2, 0.25) is 0 Å². The number of hydrogen-bond donors (Lipinski definition) is 3. The molecular weight excluding hydrogens is 483 g/mol. The Balaban J connectivity index is 0.00000392. The molecule has 0 fully saturated rings. The first-order chi connectivity index (χ1) is 13.0. The fraction of sp³-hybridized carbons (Fsp3) is 0.429. The summed E-state index contributed by atoms with van der Waals surface area (Å²) in [5.74, 6) is 0.800. The lowest BCUT2D eigenvalue weighted by Crippen LogP contribution is -2.43. The standard InChI is InChI=1S/C21H30N4OS.HI/c1-5-22-21(24-15(2)14-20-11-6-16(3)27-20)23-13-12-18-7-9-19(10-8-18)25-17(4)26;/h6-11,15H,5,12-14H2,1-4H3,(H,25,26)(H2,22,23,24);1H. The minimum atomic E-state index is -0.0551. The summed E-state index contributed by atoms with van der Waals surface area (Å²) in [6.45, 7) is 9.45. The third kappa shape index (κ3) is 9.05. The summed E-state index contributed by atoms with van der Waals surface area (Å²) in [5, 5.41) is 9.59. The Bertz CT molecular complexity index is 758. The molecule has 1 amide bonds. The molecular formula is C21H31IN4OS. The molecule has 28 heavy (non-hydrogen) atoms. The lowest BCUT2D eigenvalue weighted by Gasteiger charge is -2.17. The van der Waals surface area contributed by atoms with Crippen molar-refractivity contribution in [3.05, 3.63) is 51.7 Å². The van der Waals surface area contributed by atoms with Crippen LogP contribution in [0.25, 0.3) is 0 Å². The van der Waals surface area contributed by atoms with Gasteiger partial charge in [-0.15, -0.1) is 35.3 Å². The number of rotatable bonds is 8. The topological polar surface area (TPSA) is 65.5 Å². The maximum Gasteiger partial charge on any atom is 0.221 e. The first-order valence-corrected chi connectivity index (χ1v) is 10.2. The Hall–Kier alpha value is -1.61. The van der Waals surface area contributed by atoms with Crippen LogP contribution in [0.3, 0.4) is 0 Å². The second kappa shape index (κ2) is 12.8. The molecule has 0 aliphatic carbocycles. The summed E-state index contributed by atoms with van der Waals surface area (Å²) in [7, 11) is 0. The van der Waals surface area contributed by atoms with Gasteiger partial charge in [0.2, 0.25) is 5.91 Å². The van der Waals surface area contributed by atoms with Crippen molar-refractivity contribution in [3.63, 3.8) is 0 Å². The summed E-state index contributed by atoms with van der Waals surface area (Å²) >= 11 is 1.85. The van der Waals surface area contributed by atoms with Gasteiger partial charge in [-0.05, 0) is 57.0 Å². The van der Waals surface area contributed by atoms with E-state index in [-0.39, 0.29) is 29.9 Å². The van der Waals surface area contributed by atoms with Crippen LogP contribution in [0.15, 0.2) is 41.4 Å². The minimum absolute atomic E-state index is 0. The van der Waals surface area contributed by atoms with Crippen molar-refractivity contribution in [1.29, 1.82) is 0 Å². The maximum absolute atomic E-state index is 11.1. The molecule has 1 heterocycles. The van der Waals surface area contributed by atoms with Crippen LogP contribution in [0.4, 0.5) is 5.69 Å². The van der Waals surface area contributed by atoms with Gasteiger partial charge in [0.05, 0.1) is 0 Å². The smallest absolute Gasteiger partial charge is 0.221 e. The molecule has 1 aromatic carbocycles. The van der Waals surface area contributed by atoms with Crippen molar-refractivity contribution >= 4 is 52.9 Å². The zero-order chi connectivity index (χ0) is 19.6. The van der Waals surface area contributed by atoms with Gasteiger partial charge in [0.15, 0.2) is 5.96 Å². The van der Waals surface area contributed by atoms with E-state index in [0.717, 1.165) is 31.0 Å². The number of thiophene rings is 1. The van der Waals surface area contributed by atoms with Crippen LogP contribution in [0.5, 0.6) is 0 Å². The maximum atomic E-state index is 11.1. The van der Waals surface area contributed by atoms with E-state index >= 15 is 0 Å². The molecule has 3 N–H and O–H groups in total. The van der Waals surface area contributed by atoms with Crippen molar-refractivity contribution in [2.45, 2.75) is 46.6 Å². The normalized spacial score (nSPS) is 12.1. The van der Waals surface area contributed by atoms with E-state index in [0.29, 0.717) is 12.6 Å². The SMILES string of the molecule is CCNC(=NCCc1ccc(NC(C)=O)cc1)NC(C)Cc1ccc(C)s1.I. The third-order valence-corrected chi connectivity index (χ3v) is 5.00. The number of nitrogens with one attached hydrogen (secondary N) is 3. The summed E-state index contributed by atoms with van der Waals surface area (Å²) in [5.41, 5.74) is 2.02. The van der Waals surface area contributed by atoms with Gasteiger partial charge in [0, 0.05) is 47.9 Å². The number of guanidine groups is 1. The van der Waals surface area contributed by atoms with E-state index in [2.05, 4.69) is 48.9 Å². The fourth-order valence-electron chi connectivity index (χ4n) is 2.76. The highest BCUT2D eigenvalue weighted by atomic mass is 127. The zero-order valence-corrected chi connectivity index (χ0v) is 20.2. The van der Waals surface area contributed by atoms with Gasteiger partial charge in [-0.2, -0.15) is 0 Å². The largest absolute Gasteiger partial charge is 0.357 e. The Morgan fingerprint density at radius 2 is 1.89 bits per heavy atom. The lowest BCUT2D eigenvalue weighted by molar-refractivity contribution is -0.114. The number of nitrogens with zero attached hydrogens (tertiary/aromatic N) is 1. The van der Waals surface area contributed by atoms with Crippen LogP contribution in [-0.4, -0.2) is 31.0 Å². The molecule has 0 radical (unpaired) electrons. The fourth-order valence-corrected chi connectivity index (χ4v) is 3.77. The van der Waals surface area contributed by atoms with Gasteiger partial charge in [-0.1, -0.05) is 12.1 Å². The van der Waals surface area contributed by atoms with Gasteiger partial charge < -0.3 is 16.0 Å². The first-order valence-electron chi connectivity index (χ1n) is 9.43. The minimum Gasteiger partial charge on any atom is -0.357 e. The molecule has 1 atom stereocenters. The van der Waals surface area contributed by atoms with E-state index in [4.69, 9.17) is 4.99 Å². The van der Waals surface area contributed by atoms with Gasteiger partial charge in [0.25, 0.3) is 0 Å². The van der Waals surface area contributed by atoms with Crippen molar-refractivity contribution in [2.24, 2.45) is 4.99 Å². The first kappa shape index (κ1) is 24.4. The average Bonchev–Trinajstić information content (AvgIpc) is 3.00. The summed E-state index contributed by atoms with van der Waals surface area (Å²) in [6.07, 6.45) is 1.85. The second-order valence-electron chi connectivity index (χ2n) is 6.65. The highest BCUT2D eigenvalue weighted by Crippen LogP contribution is 2.16. The van der Waals surface area contributed by atoms with Crippen molar-refractivity contribution in [1.82, 2.24) is 10.6 Å². The van der Waals surface area contributed by atoms with Gasteiger partial charge in [0.1, 0.15) is 0 Å². The number of halogens is 1. The van der Waals surface area contributed by atoms with Crippen LogP contribution in [-0.2, 0) is 17.6 Å². The van der Waals surface area contributed by atoms with Crippen LogP contribution >= 0.6 is 35.3 Å². The average molecular weight is 514 g/mol. The molecule has 0 spiro atoms. The van der Waals surface area contributed by atoms with Gasteiger partial charge in [-0.25, -0.2) is 0 Å². The molecule has 0 aliphatic heterocycles. The van der Waals surface area contributed by atoms with Crippen molar-refractivity contribution in [3.8, 4) is 0 Å². The molecule has 5 nitrogen and oxygen atoms in total. The predicted octanol–water partition coefficient (Wildman–Crippen LogP) is 4.36. The Morgan fingerprint density at radius 3 is 2.46 bits per heavy atom. The van der Waals surface area contributed by atoms with Crippen LogP contribution in [0, 0.1) is 6.92 Å². The summed E-state index contributed by atoms with van der Waals surface area (Å²) in [6, 6.07) is 12.6. The molecule has 154 valence electrons. The molecule has 0 bridgehead atoms. The zero-order valence-electron chi connectivity index (χ0n) is 17.0. The molecule has 0 aliphatic rings. The van der Waals surface area contributed by atoms with Gasteiger partial charge in [-0.3, -0.25) is 9.79 Å². The second-order valence-corrected chi connectivity index (χ2v) is 8.02. The van der Waals surface area contributed by atoms with E-state index in [1.54, 1.807) is 0 Å². The highest BCUT2D eigenvalue weighted by Gasteiger charge is 2.07. The third-order valence-electron chi connectivity index (χ3n) is 3.98. The molecule has 2 aromatic rings. The number of aliphatic imine (C=N–C) groups is 1. The summed E-state index contributed by atoms with van der Waals surface area (Å²) < 4.78 is 0. The number of aryl methyl sites for hydroxylation is 1. The Labute approximate surface area is 189 Å².